The highest BCUT2D eigenvalue weighted by molar-refractivity contribution is 5.32. The lowest BCUT2D eigenvalue weighted by Crippen LogP contribution is -1.92. The van der Waals surface area contributed by atoms with Gasteiger partial charge >= 0.3 is 0 Å². The van der Waals surface area contributed by atoms with Crippen LogP contribution in [0, 0.1) is 0 Å². The van der Waals surface area contributed by atoms with Crippen LogP contribution in [-0.4, -0.2) is 0 Å². The van der Waals surface area contributed by atoms with Gasteiger partial charge in [-0.2, -0.15) is 0 Å². The predicted octanol–water partition coefficient (Wildman–Crippen LogP) is 3.14. The number of hydrogen-bond donors (Lipinski definition) is 1. The van der Waals surface area contributed by atoms with Crippen LogP contribution in [0.15, 0.2) is 36.5 Å². The Morgan fingerprint density at radius 2 is 2.21 bits per heavy atom. The molecule has 2 rings (SSSR count). The summed E-state index contributed by atoms with van der Waals surface area (Å²) in [6, 6.07) is 8.89. The van der Waals surface area contributed by atoms with E-state index in [0.717, 1.165) is 5.92 Å². The van der Waals surface area contributed by atoms with Gasteiger partial charge in [-0.05, 0) is 36.1 Å². The SMILES string of the molecule is CC(C=CN)c1cccc(C2CC2)c1. The van der Waals surface area contributed by atoms with Gasteiger partial charge in [0.05, 0.1) is 0 Å². The van der Waals surface area contributed by atoms with Gasteiger partial charge in [0.15, 0.2) is 0 Å². The average Bonchev–Trinajstić information content (AvgIpc) is 3.02. The maximum atomic E-state index is 5.40. The van der Waals surface area contributed by atoms with E-state index in [1.165, 1.54) is 24.0 Å². The van der Waals surface area contributed by atoms with Gasteiger partial charge in [-0.15, -0.1) is 0 Å². The molecule has 0 radical (unpaired) electrons. The van der Waals surface area contributed by atoms with Crippen LogP contribution >= 0.6 is 0 Å². The van der Waals surface area contributed by atoms with E-state index in [4.69, 9.17) is 5.73 Å². The van der Waals surface area contributed by atoms with Crippen molar-refractivity contribution in [1.29, 1.82) is 0 Å². The second kappa shape index (κ2) is 3.87. The largest absolute Gasteiger partial charge is 0.405 e. The molecular formula is C13H17N. The Bertz CT molecular complexity index is 337. The zero-order chi connectivity index (χ0) is 9.97. The Labute approximate surface area is 85.6 Å². The van der Waals surface area contributed by atoms with Gasteiger partial charge in [0.1, 0.15) is 0 Å². The summed E-state index contributed by atoms with van der Waals surface area (Å²) in [6.45, 7) is 2.18. The van der Waals surface area contributed by atoms with Crippen LogP contribution in [-0.2, 0) is 0 Å². The standard InChI is InChI=1S/C13H17N/c1-10(7-8-14)12-3-2-4-13(9-12)11-5-6-11/h2-4,7-11H,5-6,14H2,1H3. The fourth-order valence-corrected chi connectivity index (χ4v) is 1.79. The molecule has 0 aliphatic heterocycles. The molecule has 1 aromatic carbocycles. The molecule has 1 nitrogen and oxygen atoms in total. The molecule has 1 unspecified atom stereocenters. The van der Waals surface area contributed by atoms with E-state index in [2.05, 4.69) is 31.2 Å². The first-order valence-corrected chi connectivity index (χ1v) is 5.29. The molecule has 1 heteroatoms. The highest BCUT2D eigenvalue weighted by atomic mass is 14.5. The lowest BCUT2D eigenvalue weighted by atomic mass is 9.97. The van der Waals surface area contributed by atoms with Crippen molar-refractivity contribution in [1.82, 2.24) is 0 Å². The van der Waals surface area contributed by atoms with E-state index >= 15 is 0 Å². The van der Waals surface area contributed by atoms with Crippen LogP contribution < -0.4 is 5.73 Å². The fraction of sp³-hybridized carbons (Fsp3) is 0.385. The summed E-state index contributed by atoms with van der Waals surface area (Å²) < 4.78 is 0. The van der Waals surface area contributed by atoms with Crippen molar-refractivity contribution in [2.45, 2.75) is 31.6 Å². The van der Waals surface area contributed by atoms with Crippen LogP contribution in [0.25, 0.3) is 0 Å². The third-order valence-electron chi connectivity index (χ3n) is 2.89. The molecule has 1 aliphatic carbocycles. The zero-order valence-corrected chi connectivity index (χ0v) is 8.61. The van der Waals surface area contributed by atoms with Gasteiger partial charge in [-0.1, -0.05) is 37.3 Å². The molecule has 1 aliphatic rings. The number of nitrogens with two attached hydrogens (primary N) is 1. The predicted molar refractivity (Wildman–Crippen MR) is 60.2 cm³/mol. The van der Waals surface area contributed by atoms with Gasteiger partial charge in [0.25, 0.3) is 0 Å². The molecule has 1 atom stereocenters. The smallest absolute Gasteiger partial charge is 0.000681 e. The molecule has 0 saturated heterocycles. The molecule has 0 spiro atoms. The summed E-state index contributed by atoms with van der Waals surface area (Å²) in [5, 5.41) is 0. The Morgan fingerprint density at radius 1 is 1.43 bits per heavy atom. The normalized spacial score (nSPS) is 18.6. The fourth-order valence-electron chi connectivity index (χ4n) is 1.79. The molecule has 1 fully saturated rings. The first-order valence-electron chi connectivity index (χ1n) is 5.29. The molecule has 0 amide bonds. The average molecular weight is 187 g/mol. The monoisotopic (exact) mass is 187 g/mol. The molecule has 1 aromatic rings. The van der Waals surface area contributed by atoms with Gasteiger partial charge < -0.3 is 5.73 Å². The van der Waals surface area contributed by atoms with Crippen molar-refractivity contribution in [2.24, 2.45) is 5.73 Å². The van der Waals surface area contributed by atoms with Crippen LogP contribution in [0.3, 0.4) is 0 Å². The molecule has 14 heavy (non-hydrogen) atoms. The van der Waals surface area contributed by atoms with Crippen molar-refractivity contribution in [3.63, 3.8) is 0 Å². The molecule has 74 valence electrons. The second-order valence-corrected chi connectivity index (χ2v) is 4.12. The summed E-state index contributed by atoms with van der Waals surface area (Å²) in [7, 11) is 0. The number of rotatable bonds is 3. The van der Waals surface area contributed by atoms with Crippen molar-refractivity contribution >= 4 is 0 Å². The molecular weight excluding hydrogens is 170 g/mol. The van der Waals surface area contributed by atoms with Crippen LogP contribution in [0.1, 0.15) is 42.7 Å². The quantitative estimate of drug-likeness (QED) is 0.773. The molecule has 0 aromatic heterocycles. The lowest BCUT2D eigenvalue weighted by Gasteiger charge is -2.08. The Hall–Kier alpha value is -1.24. The minimum Gasteiger partial charge on any atom is -0.405 e. The first kappa shape index (κ1) is 9.32. The highest BCUT2D eigenvalue weighted by Crippen LogP contribution is 2.40. The zero-order valence-electron chi connectivity index (χ0n) is 8.61. The van der Waals surface area contributed by atoms with E-state index in [-0.39, 0.29) is 0 Å². The van der Waals surface area contributed by atoms with Gasteiger partial charge in [0, 0.05) is 5.92 Å². The van der Waals surface area contributed by atoms with Gasteiger partial charge in [0.2, 0.25) is 0 Å². The van der Waals surface area contributed by atoms with E-state index in [1.54, 1.807) is 6.20 Å². The van der Waals surface area contributed by atoms with Crippen LogP contribution in [0.4, 0.5) is 0 Å². The van der Waals surface area contributed by atoms with Crippen molar-refractivity contribution in [2.75, 3.05) is 0 Å². The maximum Gasteiger partial charge on any atom is 0.000681 e. The van der Waals surface area contributed by atoms with Gasteiger partial charge in [-0.3, -0.25) is 0 Å². The summed E-state index contributed by atoms with van der Waals surface area (Å²) in [6.07, 6.45) is 6.40. The number of benzene rings is 1. The number of allylic oxidation sites excluding steroid dienone is 1. The third-order valence-corrected chi connectivity index (χ3v) is 2.89. The van der Waals surface area contributed by atoms with Crippen LogP contribution in [0.2, 0.25) is 0 Å². The molecule has 2 N–H and O–H groups in total. The van der Waals surface area contributed by atoms with E-state index in [1.807, 2.05) is 6.08 Å². The van der Waals surface area contributed by atoms with Crippen molar-refractivity contribution in [3.05, 3.63) is 47.7 Å². The molecule has 0 heterocycles. The van der Waals surface area contributed by atoms with E-state index in [0.29, 0.717) is 5.92 Å². The topological polar surface area (TPSA) is 26.0 Å². The minimum atomic E-state index is 0.429. The minimum absolute atomic E-state index is 0.429. The Balaban J connectivity index is 2.20. The summed E-state index contributed by atoms with van der Waals surface area (Å²) >= 11 is 0. The number of hydrogen-bond acceptors (Lipinski definition) is 1. The third kappa shape index (κ3) is 1.98. The first-order chi connectivity index (χ1) is 6.81. The maximum absolute atomic E-state index is 5.40. The lowest BCUT2D eigenvalue weighted by molar-refractivity contribution is 0.953. The van der Waals surface area contributed by atoms with E-state index < -0.39 is 0 Å². The summed E-state index contributed by atoms with van der Waals surface area (Å²) in [4.78, 5) is 0. The van der Waals surface area contributed by atoms with E-state index in [9.17, 15) is 0 Å². The Kier molecular flexibility index (Phi) is 2.58. The van der Waals surface area contributed by atoms with Crippen LogP contribution in [0.5, 0.6) is 0 Å². The summed E-state index contributed by atoms with van der Waals surface area (Å²) in [5.74, 6) is 1.27. The van der Waals surface area contributed by atoms with Crippen molar-refractivity contribution in [3.8, 4) is 0 Å². The second-order valence-electron chi connectivity index (χ2n) is 4.12. The van der Waals surface area contributed by atoms with Crippen molar-refractivity contribution < 1.29 is 0 Å². The molecule has 1 saturated carbocycles. The van der Waals surface area contributed by atoms with Gasteiger partial charge in [-0.25, -0.2) is 0 Å². The molecule has 0 bridgehead atoms. The summed E-state index contributed by atoms with van der Waals surface area (Å²) in [5.41, 5.74) is 8.27. The Morgan fingerprint density at radius 3 is 2.86 bits per heavy atom. The highest BCUT2D eigenvalue weighted by Gasteiger charge is 2.23.